The van der Waals surface area contributed by atoms with Gasteiger partial charge in [0.25, 0.3) is 0 Å². The van der Waals surface area contributed by atoms with E-state index in [2.05, 4.69) is 20.8 Å². The van der Waals surface area contributed by atoms with E-state index in [1.54, 1.807) is 0 Å². The van der Waals surface area contributed by atoms with Crippen LogP contribution < -0.4 is 10.6 Å². The lowest BCUT2D eigenvalue weighted by Crippen LogP contribution is -2.05. The molecule has 0 unspecified atom stereocenters. The van der Waals surface area contributed by atoms with E-state index in [4.69, 9.17) is 16.0 Å². The molecule has 96 valence electrons. The Morgan fingerprint density at radius 2 is 2.00 bits per heavy atom. The Bertz CT molecular complexity index is 483. The number of nitrogens with zero attached hydrogens (tertiary/aromatic N) is 2. The molecule has 2 N–H and O–H groups in total. The fraction of sp³-hybridized carbons (Fsp3) is 0.333. The molecule has 0 bridgehead atoms. The summed E-state index contributed by atoms with van der Waals surface area (Å²) in [5.41, 5.74) is 1.21. The van der Waals surface area contributed by atoms with Gasteiger partial charge in [-0.2, -0.15) is 0 Å². The fourth-order valence-corrected chi connectivity index (χ4v) is 1.64. The van der Waals surface area contributed by atoms with E-state index in [0.29, 0.717) is 18.5 Å². The van der Waals surface area contributed by atoms with E-state index in [1.165, 1.54) is 5.56 Å². The van der Waals surface area contributed by atoms with Crippen molar-refractivity contribution in [3.63, 3.8) is 0 Å². The molecule has 0 saturated carbocycles. The molecule has 0 aliphatic heterocycles. The van der Waals surface area contributed by atoms with Crippen LogP contribution in [0.1, 0.15) is 11.5 Å². The molecule has 0 amide bonds. The quantitative estimate of drug-likeness (QED) is 0.838. The van der Waals surface area contributed by atoms with Gasteiger partial charge in [0.05, 0.1) is 6.54 Å². The minimum absolute atomic E-state index is 0.453. The van der Waals surface area contributed by atoms with Crippen LogP contribution in [0.4, 0.5) is 6.01 Å². The van der Waals surface area contributed by atoms with Gasteiger partial charge in [0, 0.05) is 11.6 Å². The van der Waals surface area contributed by atoms with Gasteiger partial charge >= 0.3 is 6.01 Å². The average molecular weight is 267 g/mol. The number of benzene rings is 1. The van der Waals surface area contributed by atoms with Crippen LogP contribution in [0.5, 0.6) is 0 Å². The minimum Gasteiger partial charge on any atom is -0.407 e. The molecule has 0 radical (unpaired) electrons. The Morgan fingerprint density at radius 1 is 1.22 bits per heavy atom. The van der Waals surface area contributed by atoms with E-state index in [0.717, 1.165) is 18.0 Å². The third-order valence-electron chi connectivity index (χ3n) is 2.40. The number of nitrogens with one attached hydrogen (secondary N) is 2. The monoisotopic (exact) mass is 266 g/mol. The number of halogens is 1. The Hall–Kier alpha value is -1.59. The van der Waals surface area contributed by atoms with Gasteiger partial charge in [-0.25, -0.2) is 0 Å². The molecule has 6 heteroatoms. The lowest BCUT2D eigenvalue weighted by Gasteiger charge is -2.02. The second-order valence-corrected chi connectivity index (χ2v) is 4.27. The Balaban J connectivity index is 1.79. The van der Waals surface area contributed by atoms with Gasteiger partial charge < -0.3 is 15.1 Å². The first-order valence-corrected chi connectivity index (χ1v) is 6.11. The second-order valence-electron chi connectivity index (χ2n) is 3.83. The molecule has 5 nitrogen and oxygen atoms in total. The third kappa shape index (κ3) is 3.72. The molecule has 0 fully saturated rings. The van der Waals surface area contributed by atoms with Crippen molar-refractivity contribution in [3.05, 3.63) is 40.7 Å². The van der Waals surface area contributed by atoms with Crippen LogP contribution in [0, 0.1) is 0 Å². The van der Waals surface area contributed by atoms with E-state index < -0.39 is 0 Å². The van der Waals surface area contributed by atoms with E-state index >= 15 is 0 Å². The summed E-state index contributed by atoms with van der Waals surface area (Å²) in [6.07, 6.45) is 0.876. The van der Waals surface area contributed by atoms with E-state index in [9.17, 15) is 0 Å². The molecule has 0 saturated heterocycles. The van der Waals surface area contributed by atoms with E-state index in [-0.39, 0.29) is 0 Å². The van der Waals surface area contributed by atoms with Crippen LogP contribution in [0.3, 0.4) is 0 Å². The molecular weight excluding hydrogens is 252 g/mol. The standard InChI is InChI=1S/C12H15ClN4O/c1-14-8-11-16-17-12(18-11)15-7-6-9-2-4-10(13)5-3-9/h2-5,14H,6-8H2,1H3,(H,15,17). The van der Waals surface area contributed by atoms with Crippen LogP contribution in [0.15, 0.2) is 28.7 Å². The number of rotatable bonds is 6. The summed E-state index contributed by atoms with van der Waals surface area (Å²) in [6, 6.07) is 8.23. The number of anilines is 1. The Morgan fingerprint density at radius 3 is 2.72 bits per heavy atom. The molecule has 0 spiro atoms. The maximum absolute atomic E-state index is 5.82. The average Bonchev–Trinajstić information content (AvgIpc) is 2.80. The molecule has 2 rings (SSSR count). The highest BCUT2D eigenvalue weighted by Crippen LogP contribution is 2.10. The van der Waals surface area contributed by atoms with Crippen molar-refractivity contribution in [2.45, 2.75) is 13.0 Å². The smallest absolute Gasteiger partial charge is 0.315 e. The minimum atomic E-state index is 0.453. The highest BCUT2D eigenvalue weighted by molar-refractivity contribution is 6.30. The van der Waals surface area contributed by atoms with Crippen molar-refractivity contribution in [1.82, 2.24) is 15.5 Å². The molecule has 0 aliphatic carbocycles. The molecule has 1 aromatic carbocycles. The second kappa shape index (κ2) is 6.37. The summed E-state index contributed by atoms with van der Waals surface area (Å²) in [5.74, 6) is 0.575. The predicted molar refractivity (Wildman–Crippen MR) is 70.7 cm³/mol. The normalized spacial score (nSPS) is 10.6. The number of hydrogen-bond acceptors (Lipinski definition) is 5. The number of aromatic nitrogens is 2. The molecule has 1 aromatic heterocycles. The van der Waals surface area contributed by atoms with Crippen molar-refractivity contribution in [3.8, 4) is 0 Å². The highest BCUT2D eigenvalue weighted by atomic mass is 35.5. The molecule has 0 atom stereocenters. The zero-order valence-electron chi connectivity index (χ0n) is 10.1. The molecule has 1 heterocycles. The first-order valence-electron chi connectivity index (χ1n) is 5.73. The highest BCUT2D eigenvalue weighted by Gasteiger charge is 2.03. The van der Waals surface area contributed by atoms with Gasteiger partial charge in [-0.15, -0.1) is 5.10 Å². The summed E-state index contributed by atoms with van der Waals surface area (Å²) in [7, 11) is 1.83. The fourth-order valence-electron chi connectivity index (χ4n) is 1.51. The van der Waals surface area contributed by atoms with Crippen molar-refractivity contribution >= 4 is 17.6 Å². The lowest BCUT2D eigenvalue weighted by molar-refractivity contribution is 0.489. The topological polar surface area (TPSA) is 63.0 Å². The molecule has 18 heavy (non-hydrogen) atoms. The zero-order chi connectivity index (χ0) is 12.8. The van der Waals surface area contributed by atoms with Crippen LogP contribution in [-0.4, -0.2) is 23.8 Å². The van der Waals surface area contributed by atoms with Gasteiger partial charge in [0.1, 0.15) is 0 Å². The van der Waals surface area contributed by atoms with Crippen molar-refractivity contribution in [2.24, 2.45) is 0 Å². The predicted octanol–water partition coefficient (Wildman–Crippen LogP) is 2.10. The summed E-state index contributed by atoms with van der Waals surface area (Å²) < 4.78 is 5.36. The van der Waals surface area contributed by atoms with Crippen molar-refractivity contribution in [1.29, 1.82) is 0 Å². The van der Waals surface area contributed by atoms with E-state index in [1.807, 2.05) is 31.3 Å². The summed E-state index contributed by atoms with van der Waals surface area (Å²) in [4.78, 5) is 0. The molecule has 2 aromatic rings. The molecule has 0 aliphatic rings. The lowest BCUT2D eigenvalue weighted by atomic mass is 10.1. The summed E-state index contributed by atoms with van der Waals surface area (Å²) in [6.45, 7) is 1.31. The first-order chi connectivity index (χ1) is 8.78. The van der Waals surface area contributed by atoms with Gasteiger partial charge in [-0.3, -0.25) is 0 Å². The Kier molecular flexibility index (Phi) is 4.55. The van der Waals surface area contributed by atoms with Crippen LogP contribution in [-0.2, 0) is 13.0 Å². The van der Waals surface area contributed by atoms with Gasteiger partial charge in [-0.1, -0.05) is 28.8 Å². The zero-order valence-corrected chi connectivity index (χ0v) is 10.9. The first kappa shape index (κ1) is 12.9. The Labute approximate surface area is 111 Å². The summed E-state index contributed by atoms with van der Waals surface area (Å²) >= 11 is 5.82. The van der Waals surface area contributed by atoms with Crippen LogP contribution in [0.2, 0.25) is 5.02 Å². The molecular formula is C12H15ClN4O. The maximum Gasteiger partial charge on any atom is 0.315 e. The van der Waals surface area contributed by atoms with Gasteiger partial charge in [0.2, 0.25) is 5.89 Å². The summed E-state index contributed by atoms with van der Waals surface area (Å²) in [5, 5.41) is 14.6. The van der Waals surface area contributed by atoms with Crippen molar-refractivity contribution < 1.29 is 4.42 Å². The van der Waals surface area contributed by atoms with Gasteiger partial charge in [-0.05, 0) is 31.2 Å². The van der Waals surface area contributed by atoms with Crippen LogP contribution in [0.25, 0.3) is 0 Å². The van der Waals surface area contributed by atoms with Crippen LogP contribution >= 0.6 is 11.6 Å². The third-order valence-corrected chi connectivity index (χ3v) is 2.65. The van der Waals surface area contributed by atoms with Crippen molar-refractivity contribution in [2.75, 3.05) is 18.9 Å². The van der Waals surface area contributed by atoms with Gasteiger partial charge in [0.15, 0.2) is 0 Å². The largest absolute Gasteiger partial charge is 0.407 e. The number of hydrogen-bond donors (Lipinski definition) is 2. The SMILES string of the molecule is CNCc1nnc(NCCc2ccc(Cl)cc2)o1. The maximum atomic E-state index is 5.82.